The number of carbonyl (C=O) groups excluding carboxylic acids is 1. The van der Waals surface area contributed by atoms with E-state index in [9.17, 15) is 14.0 Å². The van der Waals surface area contributed by atoms with Crippen LogP contribution in [0.15, 0.2) is 47.3 Å². The molecule has 34 heavy (non-hydrogen) atoms. The molecule has 0 unspecified atom stereocenters. The van der Waals surface area contributed by atoms with Gasteiger partial charge in [-0.1, -0.05) is 12.1 Å². The highest BCUT2D eigenvalue weighted by atomic mass is 32.1. The molecule has 2 aromatic carbocycles. The van der Waals surface area contributed by atoms with E-state index in [2.05, 4.69) is 9.97 Å². The minimum absolute atomic E-state index is 0.0593. The van der Waals surface area contributed by atoms with Crippen molar-refractivity contribution in [3.8, 4) is 5.75 Å². The Morgan fingerprint density at radius 3 is 2.59 bits per heavy atom. The number of aromatic amines is 2. The summed E-state index contributed by atoms with van der Waals surface area (Å²) in [6, 6.07) is 12.2. The summed E-state index contributed by atoms with van der Waals surface area (Å²) in [5.74, 6) is 0.357. The maximum absolute atomic E-state index is 14.1. The molecule has 0 bridgehead atoms. The predicted molar refractivity (Wildman–Crippen MR) is 132 cm³/mol. The summed E-state index contributed by atoms with van der Waals surface area (Å²) < 4.78 is 21.0. The second kappa shape index (κ2) is 8.94. The molecular formula is C24H24FN5O3S. The number of hydrogen-bond donors (Lipinski definition) is 2. The van der Waals surface area contributed by atoms with E-state index in [-0.39, 0.29) is 35.0 Å². The fourth-order valence-corrected chi connectivity index (χ4v) is 4.74. The summed E-state index contributed by atoms with van der Waals surface area (Å²) in [5, 5.41) is 0.813. The number of H-pyrrole nitrogens is 2. The predicted octanol–water partition coefficient (Wildman–Crippen LogP) is 3.43. The number of benzene rings is 2. The van der Waals surface area contributed by atoms with E-state index in [0.717, 1.165) is 10.9 Å². The lowest BCUT2D eigenvalue weighted by molar-refractivity contribution is -0.131. The average Bonchev–Trinajstić information content (AvgIpc) is 3.22. The van der Waals surface area contributed by atoms with Crippen molar-refractivity contribution in [3.05, 3.63) is 63.4 Å². The number of aromatic nitrogens is 3. The molecule has 3 heterocycles. The molecule has 8 nitrogen and oxygen atoms in total. The summed E-state index contributed by atoms with van der Waals surface area (Å²) >= 11 is 5.44. The third-order valence-corrected chi connectivity index (χ3v) is 6.64. The molecule has 2 aromatic heterocycles. The Bertz CT molecular complexity index is 1500. The van der Waals surface area contributed by atoms with Crippen molar-refractivity contribution in [2.24, 2.45) is 0 Å². The van der Waals surface area contributed by atoms with E-state index < -0.39 is 0 Å². The summed E-state index contributed by atoms with van der Waals surface area (Å²) in [6.07, 6.45) is 0.149. The molecule has 1 amide bonds. The lowest BCUT2D eigenvalue weighted by atomic mass is 10.2. The fraction of sp³-hybridized carbons (Fsp3) is 0.292. The van der Waals surface area contributed by atoms with E-state index in [1.807, 2.05) is 23.1 Å². The molecule has 0 saturated carbocycles. The van der Waals surface area contributed by atoms with Crippen LogP contribution >= 0.6 is 12.2 Å². The normalized spacial score (nSPS) is 14.2. The molecule has 176 valence electrons. The van der Waals surface area contributed by atoms with Gasteiger partial charge in [0.2, 0.25) is 5.91 Å². The van der Waals surface area contributed by atoms with Crippen molar-refractivity contribution < 1.29 is 13.9 Å². The Labute approximate surface area is 199 Å². The van der Waals surface area contributed by atoms with Crippen molar-refractivity contribution in [2.45, 2.75) is 13.0 Å². The van der Waals surface area contributed by atoms with Gasteiger partial charge in [-0.25, -0.2) is 4.39 Å². The number of anilines is 1. The summed E-state index contributed by atoms with van der Waals surface area (Å²) in [5.41, 5.74) is 2.10. The molecule has 2 N–H and O–H groups in total. The van der Waals surface area contributed by atoms with E-state index in [1.54, 1.807) is 30.2 Å². The number of methoxy groups -OCH3 is 1. The third-order valence-electron chi connectivity index (χ3n) is 6.32. The zero-order valence-electron chi connectivity index (χ0n) is 18.6. The van der Waals surface area contributed by atoms with Crippen LogP contribution in [0.2, 0.25) is 0 Å². The summed E-state index contributed by atoms with van der Waals surface area (Å²) in [7, 11) is 1.59. The van der Waals surface area contributed by atoms with Crippen LogP contribution in [0.25, 0.3) is 21.9 Å². The van der Waals surface area contributed by atoms with Gasteiger partial charge in [0.25, 0.3) is 5.56 Å². The average molecular weight is 482 g/mol. The van der Waals surface area contributed by atoms with E-state index in [0.29, 0.717) is 48.6 Å². The van der Waals surface area contributed by atoms with Crippen molar-refractivity contribution in [1.82, 2.24) is 19.4 Å². The number of nitrogens with one attached hydrogen (secondary N) is 2. The van der Waals surface area contributed by atoms with Crippen molar-refractivity contribution in [1.29, 1.82) is 0 Å². The molecule has 10 heteroatoms. The molecule has 4 aromatic rings. The molecule has 1 aliphatic heterocycles. The number of ether oxygens (including phenoxy) is 1. The van der Waals surface area contributed by atoms with E-state index in [4.69, 9.17) is 17.0 Å². The standard InChI is InChI=1S/C24H24FN5O3S/c1-33-15-6-7-18-16(14-15)21-22(26-18)23(32)30(24(34)27-21)9-8-20(31)29-12-10-28(11-13-29)19-5-3-2-4-17(19)25/h2-7,14,26H,8-13H2,1H3,(H,27,34). The Morgan fingerprint density at radius 1 is 1.09 bits per heavy atom. The van der Waals surface area contributed by atoms with Gasteiger partial charge < -0.3 is 24.5 Å². The number of piperazine rings is 1. The monoisotopic (exact) mass is 481 g/mol. The van der Waals surface area contributed by atoms with Crippen LogP contribution < -0.4 is 15.2 Å². The zero-order valence-corrected chi connectivity index (χ0v) is 19.5. The van der Waals surface area contributed by atoms with Gasteiger partial charge in [0, 0.05) is 50.0 Å². The topological polar surface area (TPSA) is 86.4 Å². The maximum atomic E-state index is 14.1. The van der Waals surface area contributed by atoms with Gasteiger partial charge in [0.1, 0.15) is 17.1 Å². The Hall–Kier alpha value is -3.66. The highest BCUT2D eigenvalue weighted by Crippen LogP contribution is 2.26. The van der Waals surface area contributed by atoms with Crippen LogP contribution in [-0.4, -0.2) is 58.6 Å². The number of hydrogen-bond acceptors (Lipinski definition) is 5. The lowest BCUT2D eigenvalue weighted by Gasteiger charge is -2.36. The van der Waals surface area contributed by atoms with Gasteiger partial charge in [0.15, 0.2) is 4.77 Å². The first-order valence-corrected chi connectivity index (χ1v) is 11.5. The van der Waals surface area contributed by atoms with E-state index in [1.165, 1.54) is 10.6 Å². The van der Waals surface area contributed by atoms with Gasteiger partial charge in [0.05, 0.1) is 18.3 Å². The maximum Gasteiger partial charge on any atom is 0.278 e. The summed E-state index contributed by atoms with van der Waals surface area (Å²) in [4.78, 5) is 35.9. The molecule has 5 rings (SSSR count). The van der Waals surface area contributed by atoms with E-state index >= 15 is 0 Å². The van der Waals surface area contributed by atoms with Crippen molar-refractivity contribution >= 4 is 45.7 Å². The van der Waals surface area contributed by atoms with Crippen molar-refractivity contribution in [2.75, 3.05) is 38.2 Å². The van der Waals surface area contributed by atoms with Gasteiger partial charge >= 0.3 is 0 Å². The minimum atomic E-state index is -0.272. The molecule has 0 spiro atoms. The van der Waals surface area contributed by atoms with Crippen LogP contribution in [-0.2, 0) is 11.3 Å². The summed E-state index contributed by atoms with van der Waals surface area (Å²) in [6.45, 7) is 2.28. The van der Waals surface area contributed by atoms with Crippen LogP contribution in [0.1, 0.15) is 6.42 Å². The molecule has 1 saturated heterocycles. The van der Waals surface area contributed by atoms with Gasteiger partial charge in [-0.15, -0.1) is 0 Å². The molecule has 0 radical (unpaired) electrons. The second-order valence-corrected chi connectivity index (χ2v) is 8.63. The van der Waals surface area contributed by atoms with Crippen LogP contribution in [0, 0.1) is 10.6 Å². The number of halogens is 1. The number of rotatable bonds is 5. The number of carbonyl (C=O) groups is 1. The zero-order chi connectivity index (χ0) is 23.8. The lowest BCUT2D eigenvalue weighted by Crippen LogP contribution is -2.49. The molecule has 0 atom stereocenters. The number of para-hydroxylation sites is 1. The SMILES string of the molecule is COc1ccc2[nH]c3c(=O)n(CCC(=O)N4CCN(c5ccccc5F)CC4)c(=S)[nH]c3c2c1. The van der Waals surface area contributed by atoms with Crippen LogP contribution in [0.3, 0.4) is 0 Å². The molecule has 1 fully saturated rings. The Morgan fingerprint density at radius 2 is 1.85 bits per heavy atom. The van der Waals surface area contributed by atoms with Gasteiger partial charge in [-0.05, 0) is 42.5 Å². The fourth-order valence-electron chi connectivity index (χ4n) is 4.46. The van der Waals surface area contributed by atoms with Crippen molar-refractivity contribution in [3.63, 3.8) is 0 Å². The first kappa shape index (κ1) is 22.1. The smallest absolute Gasteiger partial charge is 0.278 e. The quantitative estimate of drug-likeness (QED) is 0.427. The first-order chi connectivity index (χ1) is 16.5. The minimum Gasteiger partial charge on any atom is -0.497 e. The molecule has 0 aliphatic carbocycles. The van der Waals surface area contributed by atoms with Gasteiger partial charge in [-0.3, -0.25) is 14.2 Å². The van der Waals surface area contributed by atoms with Crippen LogP contribution in [0.4, 0.5) is 10.1 Å². The van der Waals surface area contributed by atoms with Gasteiger partial charge in [-0.2, -0.15) is 0 Å². The highest BCUT2D eigenvalue weighted by Gasteiger charge is 2.23. The number of nitrogens with zero attached hydrogens (tertiary/aromatic N) is 3. The first-order valence-electron chi connectivity index (χ1n) is 11.1. The highest BCUT2D eigenvalue weighted by molar-refractivity contribution is 7.71. The van der Waals surface area contributed by atoms with Crippen LogP contribution in [0.5, 0.6) is 5.75 Å². The third kappa shape index (κ3) is 3.94. The second-order valence-electron chi connectivity index (χ2n) is 8.24. The molecular weight excluding hydrogens is 457 g/mol. The Balaban J connectivity index is 1.30. The number of amides is 1. The Kier molecular flexibility index (Phi) is 5.82. The number of fused-ring (bicyclic) bond motifs is 3. The molecule has 1 aliphatic rings. The largest absolute Gasteiger partial charge is 0.497 e.